The van der Waals surface area contributed by atoms with Crippen LogP contribution in [0.2, 0.25) is 0 Å². The van der Waals surface area contributed by atoms with Gasteiger partial charge in [0.05, 0.1) is 47.1 Å². The Morgan fingerprint density at radius 1 is 0.907 bits per heavy atom. The molecule has 0 bridgehead atoms. The van der Waals surface area contributed by atoms with Crippen molar-refractivity contribution in [3.63, 3.8) is 0 Å². The molecule has 0 aliphatic carbocycles. The van der Waals surface area contributed by atoms with Crippen LogP contribution in [0.15, 0.2) is 72.6 Å². The molecule has 2 aromatic carbocycles. The van der Waals surface area contributed by atoms with Gasteiger partial charge in [-0.2, -0.15) is 5.26 Å². The van der Waals surface area contributed by atoms with Gasteiger partial charge in [-0.15, -0.1) is 0 Å². The molecule has 0 spiro atoms. The lowest BCUT2D eigenvalue weighted by Crippen LogP contribution is -2.40. The largest absolute Gasteiger partial charge is 0.494 e. The van der Waals surface area contributed by atoms with Gasteiger partial charge in [0, 0.05) is 43.5 Å². The number of piperidine rings is 1. The van der Waals surface area contributed by atoms with Crippen molar-refractivity contribution in [2.45, 2.75) is 25.7 Å². The van der Waals surface area contributed by atoms with Gasteiger partial charge in [-0.3, -0.25) is 19.4 Å². The fourth-order valence-electron chi connectivity index (χ4n) is 5.99. The van der Waals surface area contributed by atoms with E-state index in [1.165, 1.54) is 13.3 Å². The number of pyridine rings is 1. The van der Waals surface area contributed by atoms with Crippen LogP contribution in [-0.2, 0) is 4.79 Å². The van der Waals surface area contributed by atoms with Crippen LogP contribution in [-0.4, -0.2) is 70.7 Å². The van der Waals surface area contributed by atoms with E-state index in [4.69, 9.17) is 4.74 Å². The van der Waals surface area contributed by atoms with Crippen molar-refractivity contribution in [2.24, 2.45) is 0 Å². The SMILES string of the molecule is COc1cnc(-c2ccc(C(=O)N3CCCC3)cc2)c2[nH]cc(C(=O)C(=O)N3CCC(=C(C#N)c4ccccc4)CC3)c12. The Bertz CT molecular complexity index is 1770. The quantitative estimate of drug-likeness (QED) is 0.191. The van der Waals surface area contributed by atoms with E-state index in [1.807, 2.05) is 47.4 Å². The van der Waals surface area contributed by atoms with Gasteiger partial charge in [-0.05, 0) is 49.0 Å². The number of nitrogens with one attached hydrogen (secondary N) is 1. The minimum absolute atomic E-state index is 0.0207. The van der Waals surface area contributed by atoms with Gasteiger partial charge in [0.2, 0.25) is 0 Å². The molecule has 6 rings (SSSR count). The molecular weight excluding hydrogens is 542 g/mol. The summed E-state index contributed by atoms with van der Waals surface area (Å²) in [5.74, 6) is -0.831. The number of likely N-dealkylation sites (tertiary alicyclic amines) is 2. The highest BCUT2D eigenvalue weighted by Gasteiger charge is 2.30. The molecular formula is C34H31N5O4. The summed E-state index contributed by atoms with van der Waals surface area (Å²) < 4.78 is 5.55. The molecule has 1 N–H and O–H groups in total. The third kappa shape index (κ3) is 5.28. The minimum Gasteiger partial charge on any atom is -0.494 e. The van der Waals surface area contributed by atoms with Gasteiger partial charge < -0.3 is 19.5 Å². The predicted octanol–water partition coefficient (Wildman–Crippen LogP) is 5.26. The number of aromatic nitrogens is 2. The van der Waals surface area contributed by atoms with Crippen LogP contribution in [0.3, 0.4) is 0 Å². The Hall–Kier alpha value is -5.23. The number of rotatable bonds is 6. The summed E-state index contributed by atoms with van der Waals surface area (Å²) in [5.41, 5.74) is 5.23. The Morgan fingerprint density at radius 3 is 2.26 bits per heavy atom. The van der Waals surface area contributed by atoms with E-state index < -0.39 is 11.7 Å². The second kappa shape index (κ2) is 11.9. The Labute approximate surface area is 249 Å². The third-order valence-electron chi connectivity index (χ3n) is 8.31. The van der Waals surface area contributed by atoms with Gasteiger partial charge in [-0.25, -0.2) is 0 Å². The Kier molecular flexibility index (Phi) is 7.75. The van der Waals surface area contributed by atoms with Gasteiger partial charge >= 0.3 is 0 Å². The minimum atomic E-state index is -0.635. The van der Waals surface area contributed by atoms with E-state index in [1.54, 1.807) is 23.2 Å². The first-order valence-electron chi connectivity index (χ1n) is 14.4. The topological polar surface area (TPSA) is 119 Å². The summed E-state index contributed by atoms with van der Waals surface area (Å²) in [5, 5.41) is 10.3. The first-order valence-corrected chi connectivity index (χ1v) is 14.4. The number of nitriles is 1. The van der Waals surface area contributed by atoms with Gasteiger partial charge in [-0.1, -0.05) is 42.5 Å². The fourth-order valence-corrected chi connectivity index (χ4v) is 5.99. The molecule has 9 heteroatoms. The highest BCUT2D eigenvalue weighted by atomic mass is 16.5. The number of amides is 2. The molecule has 43 heavy (non-hydrogen) atoms. The van der Waals surface area contributed by atoms with Crippen molar-refractivity contribution in [3.8, 4) is 23.1 Å². The number of Topliss-reactive ketones (excluding diaryl/α,β-unsaturated/α-hetero) is 1. The highest BCUT2D eigenvalue weighted by Crippen LogP contribution is 2.35. The van der Waals surface area contributed by atoms with Crippen LogP contribution in [0.1, 0.15) is 52.0 Å². The Balaban J connectivity index is 1.24. The van der Waals surface area contributed by atoms with Gasteiger partial charge in [0.15, 0.2) is 0 Å². The lowest BCUT2D eigenvalue weighted by atomic mass is 9.93. The zero-order chi connectivity index (χ0) is 29.9. The number of methoxy groups -OCH3 is 1. The molecule has 2 aromatic heterocycles. The van der Waals surface area contributed by atoms with Crippen molar-refractivity contribution >= 4 is 34.1 Å². The number of carbonyl (C=O) groups is 3. The maximum Gasteiger partial charge on any atom is 0.295 e. The number of ketones is 1. The van der Waals surface area contributed by atoms with E-state index in [0.717, 1.165) is 42.6 Å². The molecule has 216 valence electrons. The summed E-state index contributed by atoms with van der Waals surface area (Å²) in [4.78, 5) is 50.9. The molecule has 0 unspecified atom stereocenters. The molecule has 0 atom stereocenters. The second-order valence-corrected chi connectivity index (χ2v) is 10.8. The summed E-state index contributed by atoms with van der Waals surface area (Å²) in [6.45, 7) is 2.27. The molecule has 2 fully saturated rings. The normalized spacial score (nSPS) is 14.9. The van der Waals surface area contributed by atoms with Crippen molar-refractivity contribution < 1.29 is 19.1 Å². The van der Waals surface area contributed by atoms with Crippen molar-refractivity contribution in [2.75, 3.05) is 33.3 Å². The number of hydrogen-bond donors (Lipinski definition) is 1. The Morgan fingerprint density at radius 2 is 1.60 bits per heavy atom. The maximum atomic E-state index is 13.6. The van der Waals surface area contributed by atoms with Crippen molar-refractivity contribution in [1.29, 1.82) is 5.26 Å². The first-order chi connectivity index (χ1) is 21.0. The van der Waals surface area contributed by atoms with Crippen LogP contribution in [0, 0.1) is 11.3 Å². The summed E-state index contributed by atoms with van der Waals surface area (Å²) in [6, 6.07) is 19.1. The standard InChI is InChI=1S/C34H31N5O4/c1-43-28-21-37-30(24-9-11-25(12-10-24)33(41)38-15-5-6-16-38)31-29(28)27(20-36-31)32(40)34(42)39-17-13-23(14-18-39)26(19-35)22-7-3-2-4-8-22/h2-4,7-12,20-21,36H,5-6,13-18H2,1H3. The van der Waals surface area contributed by atoms with Crippen molar-refractivity contribution in [3.05, 3.63) is 89.3 Å². The molecule has 2 amide bonds. The molecule has 9 nitrogen and oxygen atoms in total. The average molecular weight is 574 g/mol. The second-order valence-electron chi connectivity index (χ2n) is 10.8. The average Bonchev–Trinajstić information content (AvgIpc) is 3.76. The number of ether oxygens (including phenoxy) is 1. The fraction of sp³-hybridized carbons (Fsp3) is 0.265. The van der Waals surface area contributed by atoms with Crippen LogP contribution < -0.4 is 4.74 Å². The van der Waals surface area contributed by atoms with Crippen LogP contribution in [0.5, 0.6) is 5.75 Å². The molecule has 4 heterocycles. The number of aromatic amines is 1. The van der Waals surface area contributed by atoms with Crippen LogP contribution >= 0.6 is 0 Å². The summed E-state index contributed by atoms with van der Waals surface area (Å²) in [6.07, 6.45) is 6.18. The molecule has 4 aromatic rings. The maximum absolute atomic E-state index is 13.6. The number of fused-ring (bicyclic) bond motifs is 1. The molecule has 2 aliphatic heterocycles. The van der Waals surface area contributed by atoms with E-state index in [2.05, 4.69) is 16.0 Å². The molecule has 0 saturated carbocycles. The van der Waals surface area contributed by atoms with Crippen molar-refractivity contribution in [1.82, 2.24) is 19.8 Å². The number of allylic oxidation sites excluding steroid dienone is 1. The van der Waals surface area contributed by atoms with Gasteiger partial charge in [0.25, 0.3) is 17.6 Å². The van der Waals surface area contributed by atoms with Crippen LogP contribution in [0.25, 0.3) is 27.7 Å². The zero-order valence-corrected chi connectivity index (χ0v) is 23.9. The number of hydrogen-bond acceptors (Lipinski definition) is 6. The molecule has 2 aliphatic rings. The lowest BCUT2D eigenvalue weighted by molar-refractivity contribution is -0.126. The lowest BCUT2D eigenvalue weighted by Gasteiger charge is -2.28. The number of benzene rings is 2. The number of nitrogens with zero attached hydrogens (tertiary/aromatic N) is 4. The zero-order valence-electron chi connectivity index (χ0n) is 23.9. The monoisotopic (exact) mass is 573 g/mol. The van der Waals surface area contributed by atoms with Crippen LogP contribution in [0.4, 0.5) is 0 Å². The van der Waals surface area contributed by atoms with E-state index in [-0.39, 0.29) is 11.5 Å². The summed E-state index contributed by atoms with van der Waals surface area (Å²) in [7, 11) is 1.50. The smallest absolute Gasteiger partial charge is 0.295 e. The van der Waals surface area contributed by atoms with E-state index >= 15 is 0 Å². The highest BCUT2D eigenvalue weighted by molar-refractivity contribution is 6.45. The summed E-state index contributed by atoms with van der Waals surface area (Å²) >= 11 is 0. The first kappa shape index (κ1) is 27.9. The van der Waals surface area contributed by atoms with E-state index in [9.17, 15) is 19.6 Å². The number of carbonyl (C=O) groups excluding carboxylic acids is 3. The molecule has 2 saturated heterocycles. The number of H-pyrrole nitrogens is 1. The predicted molar refractivity (Wildman–Crippen MR) is 162 cm³/mol. The third-order valence-corrected chi connectivity index (χ3v) is 8.31. The van der Waals surface area contributed by atoms with E-state index in [0.29, 0.717) is 59.4 Å². The molecule has 0 radical (unpaired) electrons. The van der Waals surface area contributed by atoms with Gasteiger partial charge in [0.1, 0.15) is 5.75 Å².